The number of rotatable bonds is 6. The minimum absolute atomic E-state index is 0.173. The Morgan fingerprint density at radius 1 is 1.48 bits per heavy atom. The third kappa shape index (κ3) is 4.76. The molecular weight excluding hydrogens is 357 g/mol. The fourth-order valence-corrected chi connectivity index (χ4v) is 5.27. The summed E-state index contributed by atoms with van der Waals surface area (Å²) in [5.74, 6) is 0.553. The van der Waals surface area contributed by atoms with Gasteiger partial charge in [0.15, 0.2) is 9.84 Å². The average molecular weight is 378 g/mol. The van der Waals surface area contributed by atoms with Gasteiger partial charge in [0.05, 0.1) is 16.0 Å². The van der Waals surface area contributed by atoms with E-state index >= 15 is 0 Å². The van der Waals surface area contributed by atoms with Gasteiger partial charge in [0.25, 0.3) is 0 Å². The highest BCUT2D eigenvalue weighted by Crippen LogP contribution is 2.26. The molecule has 1 aliphatic heterocycles. The van der Waals surface area contributed by atoms with Gasteiger partial charge in [-0.2, -0.15) is 0 Å². The Balaban J connectivity index is 2.04. The maximum atomic E-state index is 13.6. The molecule has 1 N–H and O–H groups in total. The molecule has 1 saturated heterocycles. The first-order valence-electron chi connectivity index (χ1n) is 7.28. The zero-order valence-corrected chi connectivity index (χ0v) is 14.5. The van der Waals surface area contributed by atoms with Crippen LogP contribution in [-0.2, 0) is 16.3 Å². The zero-order valence-electron chi connectivity index (χ0n) is 12.1. The van der Waals surface area contributed by atoms with Crippen molar-refractivity contribution in [3.63, 3.8) is 0 Å². The molecule has 6 heteroatoms. The molecule has 0 radical (unpaired) electrons. The van der Waals surface area contributed by atoms with Crippen molar-refractivity contribution in [1.29, 1.82) is 0 Å². The second kappa shape index (κ2) is 7.20. The van der Waals surface area contributed by atoms with Gasteiger partial charge in [-0.3, -0.25) is 0 Å². The molecule has 21 heavy (non-hydrogen) atoms. The van der Waals surface area contributed by atoms with Crippen LogP contribution in [0.15, 0.2) is 22.7 Å². The lowest BCUT2D eigenvalue weighted by atomic mass is 9.94. The lowest BCUT2D eigenvalue weighted by Crippen LogP contribution is -2.33. The summed E-state index contributed by atoms with van der Waals surface area (Å²) in [6.07, 6.45) is 2.26. The van der Waals surface area contributed by atoms with Crippen LogP contribution in [0, 0.1) is 11.7 Å². The number of sulfone groups is 1. The van der Waals surface area contributed by atoms with Crippen LogP contribution in [0.4, 0.5) is 4.39 Å². The van der Waals surface area contributed by atoms with E-state index in [0.717, 1.165) is 24.9 Å². The molecule has 0 amide bonds. The minimum atomic E-state index is -2.84. The molecule has 0 spiro atoms. The molecule has 0 aliphatic carbocycles. The average Bonchev–Trinajstić information content (AvgIpc) is 2.74. The van der Waals surface area contributed by atoms with Gasteiger partial charge < -0.3 is 5.32 Å². The summed E-state index contributed by atoms with van der Waals surface area (Å²) in [5.41, 5.74) is 0.918. The predicted molar refractivity (Wildman–Crippen MR) is 86.6 cm³/mol. The largest absolute Gasteiger partial charge is 0.314 e. The number of likely N-dealkylation sites (N-methyl/N-ethyl adjacent to an activating group) is 1. The smallest absolute Gasteiger partial charge is 0.150 e. The van der Waals surface area contributed by atoms with E-state index in [9.17, 15) is 12.8 Å². The van der Waals surface area contributed by atoms with E-state index in [1.165, 1.54) is 6.07 Å². The first-order chi connectivity index (χ1) is 9.91. The normalized spacial score (nSPS) is 22.3. The summed E-state index contributed by atoms with van der Waals surface area (Å²) in [5, 5.41) is 3.39. The molecule has 0 saturated carbocycles. The predicted octanol–water partition coefficient (Wildman–Crippen LogP) is 2.93. The van der Waals surface area contributed by atoms with Crippen molar-refractivity contribution in [2.75, 3.05) is 18.1 Å². The van der Waals surface area contributed by atoms with Crippen LogP contribution in [0.25, 0.3) is 0 Å². The van der Waals surface area contributed by atoms with Gasteiger partial charge >= 0.3 is 0 Å². The van der Waals surface area contributed by atoms with Crippen LogP contribution in [0.5, 0.6) is 0 Å². The van der Waals surface area contributed by atoms with E-state index < -0.39 is 9.84 Å². The molecule has 0 bridgehead atoms. The molecule has 1 aromatic carbocycles. The van der Waals surface area contributed by atoms with E-state index in [1.54, 1.807) is 6.07 Å². The Morgan fingerprint density at radius 2 is 2.24 bits per heavy atom. The van der Waals surface area contributed by atoms with E-state index in [0.29, 0.717) is 22.4 Å². The highest BCUT2D eigenvalue weighted by molar-refractivity contribution is 9.10. The van der Waals surface area contributed by atoms with Crippen LogP contribution in [0.2, 0.25) is 0 Å². The first kappa shape index (κ1) is 16.9. The fraction of sp³-hybridized carbons (Fsp3) is 0.600. The molecule has 0 aromatic heterocycles. The SMILES string of the molecule is CCNC(Cc1cccc(F)c1Br)CC1CCS(=O)(=O)C1. The monoisotopic (exact) mass is 377 g/mol. The number of nitrogens with one attached hydrogen (secondary N) is 1. The summed E-state index contributed by atoms with van der Waals surface area (Å²) >= 11 is 3.29. The molecule has 1 heterocycles. The molecule has 2 rings (SSSR count). The Hall–Kier alpha value is -0.460. The number of benzene rings is 1. The van der Waals surface area contributed by atoms with Crippen molar-refractivity contribution in [2.24, 2.45) is 5.92 Å². The number of hydrogen-bond donors (Lipinski definition) is 1. The van der Waals surface area contributed by atoms with Crippen molar-refractivity contribution in [2.45, 2.75) is 32.2 Å². The lowest BCUT2D eigenvalue weighted by molar-refractivity contribution is 0.408. The van der Waals surface area contributed by atoms with Crippen molar-refractivity contribution in [3.8, 4) is 0 Å². The molecule has 3 nitrogen and oxygen atoms in total. The zero-order chi connectivity index (χ0) is 15.5. The highest BCUT2D eigenvalue weighted by atomic mass is 79.9. The van der Waals surface area contributed by atoms with E-state index in [1.807, 2.05) is 13.0 Å². The van der Waals surface area contributed by atoms with Crippen LogP contribution < -0.4 is 5.32 Å². The van der Waals surface area contributed by atoms with Gasteiger partial charge in [0.1, 0.15) is 5.82 Å². The van der Waals surface area contributed by atoms with Gasteiger partial charge in [-0.25, -0.2) is 12.8 Å². The standard InChI is InChI=1S/C15H21BrFNO2S/c1-2-18-13(8-11-6-7-21(19,20)10-11)9-12-4-3-5-14(17)15(12)16/h3-5,11,13,18H,2,6-10H2,1H3. The number of hydrogen-bond acceptors (Lipinski definition) is 3. The van der Waals surface area contributed by atoms with Crippen LogP contribution in [-0.4, -0.2) is 32.5 Å². The van der Waals surface area contributed by atoms with E-state index in [-0.39, 0.29) is 17.8 Å². The van der Waals surface area contributed by atoms with Crippen LogP contribution >= 0.6 is 15.9 Å². The Labute approximate surface area is 134 Å². The molecule has 118 valence electrons. The maximum absolute atomic E-state index is 13.6. The van der Waals surface area contributed by atoms with Crippen LogP contribution in [0.1, 0.15) is 25.3 Å². The van der Waals surface area contributed by atoms with E-state index in [2.05, 4.69) is 21.2 Å². The van der Waals surface area contributed by atoms with Gasteiger partial charge in [0, 0.05) is 6.04 Å². The molecule has 2 unspecified atom stereocenters. The highest BCUT2D eigenvalue weighted by Gasteiger charge is 2.29. The Morgan fingerprint density at radius 3 is 2.86 bits per heavy atom. The molecular formula is C15H21BrFNO2S. The van der Waals surface area contributed by atoms with E-state index in [4.69, 9.17) is 0 Å². The second-order valence-corrected chi connectivity index (χ2v) is 8.70. The summed E-state index contributed by atoms with van der Waals surface area (Å²) < 4.78 is 37.2. The van der Waals surface area contributed by atoms with Gasteiger partial charge in [-0.1, -0.05) is 19.1 Å². The molecule has 2 atom stereocenters. The fourth-order valence-electron chi connectivity index (χ4n) is 2.96. The van der Waals surface area contributed by atoms with Gasteiger partial charge in [-0.05, 0) is 59.3 Å². The molecule has 1 aromatic rings. The van der Waals surface area contributed by atoms with Crippen molar-refractivity contribution < 1.29 is 12.8 Å². The summed E-state index contributed by atoms with van der Waals surface area (Å²) in [4.78, 5) is 0. The first-order valence-corrected chi connectivity index (χ1v) is 9.89. The second-order valence-electron chi connectivity index (χ2n) is 5.68. The number of halogens is 2. The third-order valence-corrected chi connectivity index (χ3v) is 6.66. The van der Waals surface area contributed by atoms with Crippen molar-refractivity contribution in [1.82, 2.24) is 5.32 Å². The third-order valence-electron chi connectivity index (χ3n) is 3.94. The maximum Gasteiger partial charge on any atom is 0.150 e. The van der Waals surface area contributed by atoms with Gasteiger partial charge in [0.2, 0.25) is 0 Å². The molecule has 1 aliphatic rings. The summed E-state index contributed by atoms with van der Waals surface area (Å²) in [6.45, 7) is 2.84. The minimum Gasteiger partial charge on any atom is -0.314 e. The molecule has 1 fully saturated rings. The van der Waals surface area contributed by atoms with Crippen molar-refractivity contribution >= 4 is 25.8 Å². The Bertz CT molecular complexity index is 591. The Kier molecular flexibility index (Phi) is 5.80. The van der Waals surface area contributed by atoms with Crippen LogP contribution in [0.3, 0.4) is 0 Å². The topological polar surface area (TPSA) is 46.2 Å². The summed E-state index contributed by atoms with van der Waals surface area (Å²) in [7, 11) is -2.84. The quantitative estimate of drug-likeness (QED) is 0.828. The summed E-state index contributed by atoms with van der Waals surface area (Å²) in [6, 6.07) is 5.21. The lowest BCUT2D eigenvalue weighted by Gasteiger charge is -2.21. The van der Waals surface area contributed by atoms with Gasteiger partial charge in [-0.15, -0.1) is 0 Å². The van der Waals surface area contributed by atoms with Crippen molar-refractivity contribution in [3.05, 3.63) is 34.1 Å².